The second kappa shape index (κ2) is 4.62. The van der Waals surface area contributed by atoms with Crippen LogP contribution in [0, 0.1) is 6.92 Å². The highest BCUT2D eigenvalue weighted by Crippen LogP contribution is 2.19. The van der Waals surface area contributed by atoms with Crippen molar-refractivity contribution < 1.29 is 9.90 Å². The summed E-state index contributed by atoms with van der Waals surface area (Å²) >= 11 is 0. The van der Waals surface area contributed by atoms with Crippen molar-refractivity contribution in [3.8, 4) is 5.75 Å². The van der Waals surface area contributed by atoms with Crippen molar-refractivity contribution in [1.82, 2.24) is 4.90 Å². The monoisotopic (exact) mass is 231 g/mol. The highest BCUT2D eigenvalue weighted by atomic mass is 16.3. The number of phenolic OH excluding ortho intramolecular Hbond substituents is 1. The molecule has 1 amide bonds. The fourth-order valence-corrected chi connectivity index (χ4v) is 2.14. The summed E-state index contributed by atoms with van der Waals surface area (Å²) in [6, 6.07) is 4.88. The molecule has 0 atom stereocenters. The summed E-state index contributed by atoms with van der Waals surface area (Å²) < 4.78 is 0. The van der Waals surface area contributed by atoms with Crippen molar-refractivity contribution in [3.63, 3.8) is 0 Å². The van der Waals surface area contributed by atoms with Gasteiger partial charge in [-0.2, -0.15) is 0 Å². The van der Waals surface area contributed by atoms with Gasteiger partial charge in [0.25, 0.3) is 5.91 Å². The first-order valence-electron chi connectivity index (χ1n) is 5.82. The molecule has 0 fully saturated rings. The van der Waals surface area contributed by atoms with Gasteiger partial charge in [0, 0.05) is 18.7 Å². The van der Waals surface area contributed by atoms with E-state index in [0.717, 1.165) is 18.5 Å². The van der Waals surface area contributed by atoms with E-state index in [2.05, 4.69) is 6.08 Å². The van der Waals surface area contributed by atoms with Gasteiger partial charge in [0.15, 0.2) is 0 Å². The fourth-order valence-electron chi connectivity index (χ4n) is 2.14. The molecule has 0 aliphatic carbocycles. The average molecular weight is 231 g/mol. The number of carbonyl (C=O) groups excluding carboxylic acids is 1. The summed E-state index contributed by atoms with van der Waals surface area (Å²) in [5.74, 6) is 0.253. The van der Waals surface area contributed by atoms with Gasteiger partial charge in [-0.15, -0.1) is 0 Å². The van der Waals surface area contributed by atoms with Gasteiger partial charge in [-0.25, -0.2) is 0 Å². The fraction of sp³-hybridized carbons (Fsp3) is 0.357. The van der Waals surface area contributed by atoms with Gasteiger partial charge in [-0.1, -0.05) is 11.6 Å². The van der Waals surface area contributed by atoms with Crippen molar-refractivity contribution in [2.24, 2.45) is 0 Å². The van der Waals surface area contributed by atoms with Crippen molar-refractivity contribution >= 4 is 5.91 Å². The first-order valence-corrected chi connectivity index (χ1v) is 5.82. The standard InChI is InChI=1S/C14H17NO2/c1-10-4-3-7-15(9-10)14(17)13-6-5-12(16)8-11(13)2/h4-6,8,16H,3,7,9H2,1-2H3. The first-order chi connectivity index (χ1) is 8.08. The lowest BCUT2D eigenvalue weighted by Crippen LogP contribution is -2.35. The number of aromatic hydroxyl groups is 1. The minimum absolute atomic E-state index is 0.0509. The second-order valence-electron chi connectivity index (χ2n) is 4.57. The second-order valence-corrected chi connectivity index (χ2v) is 4.57. The van der Waals surface area contributed by atoms with Crippen molar-refractivity contribution in [2.75, 3.05) is 13.1 Å². The Morgan fingerprint density at radius 3 is 2.76 bits per heavy atom. The molecule has 0 unspecified atom stereocenters. The van der Waals surface area contributed by atoms with Crippen LogP contribution in [-0.2, 0) is 0 Å². The molecular weight excluding hydrogens is 214 g/mol. The number of rotatable bonds is 1. The number of aryl methyl sites for hydroxylation is 1. The third-order valence-corrected chi connectivity index (χ3v) is 3.06. The molecule has 0 bridgehead atoms. The van der Waals surface area contributed by atoms with Gasteiger partial charge in [-0.05, 0) is 44.0 Å². The Morgan fingerprint density at radius 1 is 1.35 bits per heavy atom. The van der Waals surface area contributed by atoms with Crippen LogP contribution in [0.3, 0.4) is 0 Å². The predicted molar refractivity (Wildman–Crippen MR) is 67.1 cm³/mol. The number of carbonyl (C=O) groups is 1. The van der Waals surface area contributed by atoms with Crippen LogP contribution in [0.2, 0.25) is 0 Å². The summed E-state index contributed by atoms with van der Waals surface area (Å²) in [6.07, 6.45) is 3.10. The minimum atomic E-state index is 0.0509. The quantitative estimate of drug-likeness (QED) is 0.754. The van der Waals surface area contributed by atoms with Crippen molar-refractivity contribution in [2.45, 2.75) is 20.3 Å². The number of phenols is 1. The zero-order chi connectivity index (χ0) is 12.4. The summed E-state index contributed by atoms with van der Waals surface area (Å²) in [4.78, 5) is 14.2. The number of nitrogens with zero attached hydrogens (tertiary/aromatic N) is 1. The summed E-state index contributed by atoms with van der Waals surface area (Å²) in [5, 5.41) is 9.34. The molecule has 0 spiro atoms. The molecule has 3 heteroatoms. The molecule has 3 nitrogen and oxygen atoms in total. The van der Waals surface area contributed by atoms with E-state index in [1.54, 1.807) is 18.2 Å². The molecular formula is C14H17NO2. The van der Waals surface area contributed by atoms with Crippen LogP contribution in [0.1, 0.15) is 29.3 Å². The van der Waals surface area contributed by atoms with E-state index in [1.165, 1.54) is 5.57 Å². The highest BCUT2D eigenvalue weighted by molar-refractivity contribution is 5.96. The Morgan fingerprint density at radius 2 is 2.12 bits per heavy atom. The normalized spacial score (nSPS) is 15.6. The smallest absolute Gasteiger partial charge is 0.254 e. The summed E-state index contributed by atoms with van der Waals surface area (Å²) in [5.41, 5.74) is 2.74. The molecule has 1 aliphatic rings. The number of amides is 1. The molecule has 90 valence electrons. The Bertz CT molecular complexity index is 477. The number of hydrogen-bond donors (Lipinski definition) is 1. The largest absolute Gasteiger partial charge is 0.508 e. The molecule has 2 rings (SSSR count). The first kappa shape index (κ1) is 11.7. The maximum absolute atomic E-state index is 12.3. The maximum Gasteiger partial charge on any atom is 0.254 e. The molecule has 1 aromatic rings. The maximum atomic E-state index is 12.3. The molecule has 1 heterocycles. The molecule has 1 aliphatic heterocycles. The van der Waals surface area contributed by atoms with E-state index in [1.807, 2.05) is 18.7 Å². The Kier molecular flexibility index (Phi) is 3.18. The number of hydrogen-bond acceptors (Lipinski definition) is 2. The van der Waals surface area contributed by atoms with Crippen LogP contribution in [0.15, 0.2) is 29.8 Å². The van der Waals surface area contributed by atoms with Gasteiger partial charge in [-0.3, -0.25) is 4.79 Å². The lowest BCUT2D eigenvalue weighted by Gasteiger charge is -2.26. The molecule has 0 saturated heterocycles. The van der Waals surface area contributed by atoms with Crippen LogP contribution in [0.5, 0.6) is 5.75 Å². The third kappa shape index (κ3) is 2.49. The van der Waals surface area contributed by atoms with Gasteiger partial charge in [0.2, 0.25) is 0 Å². The number of benzene rings is 1. The third-order valence-electron chi connectivity index (χ3n) is 3.06. The lowest BCUT2D eigenvalue weighted by molar-refractivity contribution is 0.0765. The van der Waals surface area contributed by atoms with Gasteiger partial charge >= 0.3 is 0 Å². The zero-order valence-electron chi connectivity index (χ0n) is 10.2. The molecule has 0 aromatic heterocycles. The molecule has 0 radical (unpaired) electrons. The van der Waals surface area contributed by atoms with Gasteiger partial charge in [0.1, 0.15) is 5.75 Å². The summed E-state index contributed by atoms with van der Waals surface area (Å²) in [6.45, 7) is 5.37. The van der Waals surface area contributed by atoms with Crippen LogP contribution < -0.4 is 0 Å². The van der Waals surface area contributed by atoms with Crippen LogP contribution in [-0.4, -0.2) is 29.0 Å². The molecule has 0 saturated carbocycles. The van der Waals surface area contributed by atoms with Crippen molar-refractivity contribution in [3.05, 3.63) is 41.0 Å². The van der Waals surface area contributed by atoms with E-state index in [9.17, 15) is 9.90 Å². The molecule has 17 heavy (non-hydrogen) atoms. The highest BCUT2D eigenvalue weighted by Gasteiger charge is 2.19. The Hall–Kier alpha value is -1.77. The van der Waals surface area contributed by atoms with Gasteiger partial charge < -0.3 is 10.0 Å². The minimum Gasteiger partial charge on any atom is -0.508 e. The SMILES string of the molecule is CC1=CCCN(C(=O)c2ccc(O)cc2C)C1. The average Bonchev–Trinajstić information content (AvgIpc) is 2.28. The van der Waals surface area contributed by atoms with Crippen LogP contribution >= 0.6 is 0 Å². The molecule has 1 aromatic carbocycles. The van der Waals surface area contributed by atoms with E-state index in [-0.39, 0.29) is 11.7 Å². The molecule has 1 N–H and O–H groups in total. The Labute approximate surface area is 101 Å². The lowest BCUT2D eigenvalue weighted by atomic mass is 10.1. The van der Waals surface area contributed by atoms with Crippen LogP contribution in [0.4, 0.5) is 0 Å². The topological polar surface area (TPSA) is 40.5 Å². The summed E-state index contributed by atoms with van der Waals surface area (Å²) in [7, 11) is 0. The van der Waals surface area contributed by atoms with Crippen LogP contribution in [0.25, 0.3) is 0 Å². The van der Waals surface area contributed by atoms with E-state index in [4.69, 9.17) is 0 Å². The van der Waals surface area contributed by atoms with E-state index in [0.29, 0.717) is 12.1 Å². The van der Waals surface area contributed by atoms with E-state index >= 15 is 0 Å². The van der Waals surface area contributed by atoms with E-state index < -0.39 is 0 Å². The predicted octanol–water partition coefficient (Wildman–Crippen LogP) is 2.49. The van der Waals surface area contributed by atoms with Crippen molar-refractivity contribution in [1.29, 1.82) is 0 Å². The zero-order valence-corrected chi connectivity index (χ0v) is 10.2. The Balaban J connectivity index is 2.22. The van der Waals surface area contributed by atoms with Gasteiger partial charge in [0.05, 0.1) is 0 Å².